The molecular formula is C17H17BrO3. The van der Waals surface area contributed by atoms with E-state index in [1.165, 1.54) is 5.56 Å². The number of carbonyl (C=O) groups is 1. The first-order valence-electron chi connectivity index (χ1n) is 6.58. The fourth-order valence-electron chi connectivity index (χ4n) is 1.88. The molecule has 0 radical (unpaired) electrons. The maximum Gasteiger partial charge on any atom is 0.200 e. The Kier molecular flexibility index (Phi) is 5.02. The molecule has 0 atom stereocenters. The third kappa shape index (κ3) is 3.85. The van der Waals surface area contributed by atoms with Crippen LogP contribution in [-0.4, -0.2) is 19.5 Å². The van der Waals surface area contributed by atoms with Crippen molar-refractivity contribution < 1.29 is 14.3 Å². The first-order valence-corrected chi connectivity index (χ1v) is 7.37. The number of ether oxygens (including phenoxy) is 2. The average molecular weight is 349 g/mol. The van der Waals surface area contributed by atoms with Crippen molar-refractivity contribution in [2.75, 3.05) is 13.7 Å². The van der Waals surface area contributed by atoms with Gasteiger partial charge in [-0.25, -0.2) is 0 Å². The maximum atomic E-state index is 12.1. The Balaban J connectivity index is 2.04. The number of benzene rings is 2. The lowest BCUT2D eigenvalue weighted by Crippen LogP contribution is -2.11. The van der Waals surface area contributed by atoms with Gasteiger partial charge in [0.15, 0.2) is 12.4 Å². The number of ketones is 1. The zero-order valence-electron chi connectivity index (χ0n) is 12.3. The van der Waals surface area contributed by atoms with E-state index >= 15 is 0 Å². The van der Waals surface area contributed by atoms with E-state index < -0.39 is 0 Å². The summed E-state index contributed by atoms with van der Waals surface area (Å²) in [4.78, 5) is 12.1. The lowest BCUT2D eigenvalue weighted by atomic mass is 10.1. The van der Waals surface area contributed by atoms with Gasteiger partial charge >= 0.3 is 0 Å². The monoisotopic (exact) mass is 348 g/mol. The number of carbonyl (C=O) groups excluding carboxylic acids is 1. The number of methoxy groups -OCH3 is 1. The molecule has 0 bridgehead atoms. The molecule has 0 heterocycles. The highest BCUT2D eigenvalue weighted by molar-refractivity contribution is 9.10. The molecule has 2 rings (SSSR count). The lowest BCUT2D eigenvalue weighted by Gasteiger charge is -2.09. The topological polar surface area (TPSA) is 35.5 Å². The van der Waals surface area contributed by atoms with Crippen LogP contribution < -0.4 is 9.47 Å². The van der Waals surface area contributed by atoms with Crippen LogP contribution in [0.15, 0.2) is 40.9 Å². The second-order valence-corrected chi connectivity index (χ2v) is 5.66. The highest BCUT2D eigenvalue weighted by Gasteiger charge is 2.10. The van der Waals surface area contributed by atoms with Crippen molar-refractivity contribution in [3.63, 3.8) is 0 Å². The quantitative estimate of drug-likeness (QED) is 0.754. The average Bonchev–Trinajstić information content (AvgIpc) is 2.48. The van der Waals surface area contributed by atoms with E-state index in [2.05, 4.69) is 15.9 Å². The lowest BCUT2D eigenvalue weighted by molar-refractivity contribution is 0.0921. The molecule has 0 saturated heterocycles. The molecule has 2 aromatic rings. The molecule has 0 N–H and O–H groups in total. The summed E-state index contributed by atoms with van der Waals surface area (Å²) in [7, 11) is 1.59. The minimum absolute atomic E-state index is 0.0151. The minimum Gasteiger partial charge on any atom is -0.496 e. The molecule has 0 aliphatic heterocycles. The summed E-state index contributed by atoms with van der Waals surface area (Å²) in [6.45, 7) is 4.07. The first kappa shape index (κ1) is 15.6. The SMILES string of the molecule is COc1ccc(C(=O)COc2ccc(C)c(C)c2)cc1Br. The molecule has 0 amide bonds. The van der Waals surface area contributed by atoms with E-state index in [1.807, 2.05) is 32.0 Å². The predicted molar refractivity (Wildman–Crippen MR) is 86.4 cm³/mol. The summed E-state index contributed by atoms with van der Waals surface area (Å²) in [6, 6.07) is 11.0. The molecule has 21 heavy (non-hydrogen) atoms. The smallest absolute Gasteiger partial charge is 0.200 e. The number of hydrogen-bond acceptors (Lipinski definition) is 3. The van der Waals surface area contributed by atoms with Crippen LogP contribution in [-0.2, 0) is 0 Å². The standard InChI is InChI=1S/C17H17BrO3/c1-11-4-6-14(8-12(11)2)21-10-16(19)13-5-7-17(20-3)15(18)9-13/h4-9H,10H2,1-3H3. The van der Waals surface area contributed by atoms with Crippen molar-refractivity contribution in [3.8, 4) is 11.5 Å². The Bertz CT molecular complexity index is 665. The molecule has 110 valence electrons. The van der Waals surface area contributed by atoms with Gasteiger partial charge in [0.1, 0.15) is 11.5 Å². The van der Waals surface area contributed by atoms with Crippen molar-refractivity contribution >= 4 is 21.7 Å². The largest absolute Gasteiger partial charge is 0.496 e. The number of aryl methyl sites for hydroxylation is 2. The van der Waals surface area contributed by atoms with Crippen LogP contribution in [0.3, 0.4) is 0 Å². The zero-order chi connectivity index (χ0) is 15.4. The van der Waals surface area contributed by atoms with Crippen molar-refractivity contribution in [2.45, 2.75) is 13.8 Å². The van der Waals surface area contributed by atoms with Gasteiger partial charge in [-0.1, -0.05) is 6.07 Å². The Morgan fingerprint density at radius 1 is 1.10 bits per heavy atom. The minimum atomic E-state index is -0.0726. The van der Waals surface area contributed by atoms with E-state index in [4.69, 9.17) is 9.47 Å². The number of Topliss-reactive ketones (excluding diaryl/α,β-unsaturated/α-hetero) is 1. The molecule has 2 aromatic carbocycles. The number of rotatable bonds is 5. The zero-order valence-corrected chi connectivity index (χ0v) is 13.9. The highest BCUT2D eigenvalue weighted by Crippen LogP contribution is 2.25. The fourth-order valence-corrected chi connectivity index (χ4v) is 2.42. The third-order valence-electron chi connectivity index (χ3n) is 3.32. The summed E-state index contributed by atoms with van der Waals surface area (Å²) in [5.41, 5.74) is 2.94. The normalized spacial score (nSPS) is 10.3. The molecule has 0 unspecified atom stereocenters. The van der Waals surface area contributed by atoms with Gasteiger partial charge in [-0.3, -0.25) is 4.79 Å². The molecule has 0 fully saturated rings. The second-order valence-electron chi connectivity index (χ2n) is 4.81. The van der Waals surface area contributed by atoms with Crippen LogP contribution in [0.4, 0.5) is 0 Å². The summed E-state index contributed by atoms with van der Waals surface area (Å²) in [5, 5.41) is 0. The Morgan fingerprint density at radius 2 is 1.86 bits per heavy atom. The van der Waals surface area contributed by atoms with Crippen molar-refractivity contribution in [1.29, 1.82) is 0 Å². The molecule has 3 nitrogen and oxygen atoms in total. The van der Waals surface area contributed by atoms with Gasteiger partial charge in [0.2, 0.25) is 0 Å². The molecule has 0 aromatic heterocycles. The van der Waals surface area contributed by atoms with Crippen molar-refractivity contribution in [1.82, 2.24) is 0 Å². The van der Waals surface area contributed by atoms with Crippen LogP contribution in [0.25, 0.3) is 0 Å². The van der Waals surface area contributed by atoms with E-state index in [0.717, 1.165) is 10.0 Å². The summed E-state index contributed by atoms with van der Waals surface area (Å²) in [5.74, 6) is 1.33. The van der Waals surface area contributed by atoms with Gasteiger partial charge in [-0.15, -0.1) is 0 Å². The van der Waals surface area contributed by atoms with E-state index in [-0.39, 0.29) is 12.4 Å². The first-order chi connectivity index (χ1) is 10.0. The van der Waals surface area contributed by atoms with Gasteiger partial charge in [0.25, 0.3) is 0 Å². The van der Waals surface area contributed by atoms with E-state index in [0.29, 0.717) is 17.1 Å². The number of hydrogen-bond donors (Lipinski definition) is 0. The van der Waals surface area contributed by atoms with Crippen LogP contribution >= 0.6 is 15.9 Å². The maximum absolute atomic E-state index is 12.1. The van der Waals surface area contributed by atoms with Gasteiger partial charge in [-0.2, -0.15) is 0 Å². The molecule has 0 aliphatic rings. The molecule has 0 aliphatic carbocycles. The highest BCUT2D eigenvalue weighted by atomic mass is 79.9. The van der Waals surface area contributed by atoms with Crippen LogP contribution in [0, 0.1) is 13.8 Å². The Labute approximate surface area is 133 Å². The summed E-state index contributed by atoms with van der Waals surface area (Å²) in [6.07, 6.45) is 0. The predicted octanol–water partition coefficient (Wildman–Crippen LogP) is 4.34. The van der Waals surface area contributed by atoms with Crippen LogP contribution in [0.2, 0.25) is 0 Å². The third-order valence-corrected chi connectivity index (χ3v) is 3.94. The molecule has 4 heteroatoms. The van der Waals surface area contributed by atoms with E-state index in [1.54, 1.807) is 25.3 Å². The molecule has 0 spiro atoms. The van der Waals surface area contributed by atoms with Gasteiger partial charge in [0, 0.05) is 5.56 Å². The summed E-state index contributed by atoms with van der Waals surface area (Å²) < 4.78 is 11.5. The number of halogens is 1. The molecular weight excluding hydrogens is 332 g/mol. The van der Waals surface area contributed by atoms with E-state index in [9.17, 15) is 4.79 Å². The summed E-state index contributed by atoms with van der Waals surface area (Å²) >= 11 is 3.37. The van der Waals surface area contributed by atoms with Crippen LogP contribution in [0.5, 0.6) is 11.5 Å². The van der Waals surface area contributed by atoms with Gasteiger partial charge in [-0.05, 0) is 71.2 Å². The van der Waals surface area contributed by atoms with Gasteiger partial charge < -0.3 is 9.47 Å². The van der Waals surface area contributed by atoms with Crippen LogP contribution in [0.1, 0.15) is 21.5 Å². The Morgan fingerprint density at radius 3 is 2.48 bits per heavy atom. The fraction of sp³-hybridized carbons (Fsp3) is 0.235. The van der Waals surface area contributed by atoms with Gasteiger partial charge in [0.05, 0.1) is 11.6 Å². The van der Waals surface area contributed by atoms with Crippen molar-refractivity contribution in [3.05, 3.63) is 57.6 Å². The second kappa shape index (κ2) is 6.76. The molecule has 0 saturated carbocycles. The van der Waals surface area contributed by atoms with Crippen molar-refractivity contribution in [2.24, 2.45) is 0 Å². The Hall–Kier alpha value is -1.81.